The lowest BCUT2D eigenvalue weighted by Gasteiger charge is -2.35. The van der Waals surface area contributed by atoms with E-state index in [4.69, 9.17) is 0 Å². The Hall–Kier alpha value is -2.81. The number of aryl methyl sites for hydroxylation is 1. The fourth-order valence-corrected chi connectivity index (χ4v) is 6.10. The maximum absolute atomic E-state index is 12.8. The number of rotatable bonds is 9. The van der Waals surface area contributed by atoms with Gasteiger partial charge in [-0.1, -0.05) is 50.2 Å². The summed E-state index contributed by atoms with van der Waals surface area (Å²) in [5, 5.41) is 1.15. The summed E-state index contributed by atoms with van der Waals surface area (Å²) >= 11 is 0. The molecule has 1 aromatic heterocycles. The molecule has 1 aliphatic heterocycles. The molecule has 1 amide bonds. The van der Waals surface area contributed by atoms with E-state index in [0.717, 1.165) is 49.2 Å². The molecule has 0 radical (unpaired) electrons. The summed E-state index contributed by atoms with van der Waals surface area (Å²) in [6, 6.07) is 17.3. The molecule has 2 heterocycles. The minimum atomic E-state index is -3.46. The Bertz CT molecular complexity index is 1240. The van der Waals surface area contributed by atoms with Gasteiger partial charge in [0.05, 0.1) is 10.4 Å². The quantitative estimate of drug-likeness (QED) is 0.455. The average molecular weight is 495 g/mol. The number of carbonyl (C=O) groups is 1. The molecule has 7 nitrogen and oxygen atoms in total. The number of amides is 1. The van der Waals surface area contributed by atoms with Crippen LogP contribution in [0.25, 0.3) is 10.9 Å². The molecule has 0 N–H and O–H groups in total. The van der Waals surface area contributed by atoms with Gasteiger partial charge in [-0.3, -0.25) is 14.7 Å². The van der Waals surface area contributed by atoms with Gasteiger partial charge in [0.2, 0.25) is 15.9 Å². The van der Waals surface area contributed by atoms with E-state index in [1.807, 2.05) is 43.1 Å². The third kappa shape index (κ3) is 5.89. The zero-order valence-electron chi connectivity index (χ0n) is 20.6. The highest BCUT2D eigenvalue weighted by atomic mass is 32.2. The highest BCUT2D eigenvalue weighted by Gasteiger charge is 2.23. The zero-order chi connectivity index (χ0) is 24.8. The van der Waals surface area contributed by atoms with Gasteiger partial charge in [0.15, 0.2) is 0 Å². The second kappa shape index (κ2) is 11.3. The van der Waals surface area contributed by atoms with Crippen LogP contribution in [0.3, 0.4) is 0 Å². The van der Waals surface area contributed by atoms with Crippen molar-refractivity contribution in [3.63, 3.8) is 0 Å². The van der Waals surface area contributed by atoms with Crippen LogP contribution in [-0.4, -0.2) is 72.7 Å². The second-order valence-corrected chi connectivity index (χ2v) is 10.8. The minimum Gasteiger partial charge on any atom is -0.340 e. The van der Waals surface area contributed by atoms with E-state index < -0.39 is 10.0 Å². The topological polar surface area (TPSA) is 73.8 Å². The molecular formula is C27H34N4O3S. The van der Waals surface area contributed by atoms with Crippen molar-refractivity contribution in [1.29, 1.82) is 0 Å². The van der Waals surface area contributed by atoms with E-state index in [0.29, 0.717) is 30.8 Å². The predicted molar refractivity (Wildman–Crippen MR) is 138 cm³/mol. The number of piperazine rings is 1. The highest BCUT2D eigenvalue weighted by molar-refractivity contribution is 7.89. The van der Waals surface area contributed by atoms with Crippen molar-refractivity contribution in [2.75, 3.05) is 39.3 Å². The van der Waals surface area contributed by atoms with Crippen LogP contribution in [0.2, 0.25) is 0 Å². The minimum absolute atomic E-state index is 0.149. The molecule has 0 atom stereocenters. The van der Waals surface area contributed by atoms with Crippen molar-refractivity contribution in [2.24, 2.45) is 0 Å². The van der Waals surface area contributed by atoms with Crippen LogP contribution >= 0.6 is 0 Å². The molecule has 0 aliphatic carbocycles. The number of pyridine rings is 1. The van der Waals surface area contributed by atoms with Crippen molar-refractivity contribution in [3.05, 3.63) is 71.9 Å². The molecule has 2 aromatic carbocycles. The molecule has 0 bridgehead atoms. The summed E-state index contributed by atoms with van der Waals surface area (Å²) in [6.45, 7) is 8.51. The lowest BCUT2D eigenvalue weighted by Crippen LogP contribution is -2.48. The van der Waals surface area contributed by atoms with Crippen LogP contribution < -0.4 is 0 Å². The van der Waals surface area contributed by atoms with E-state index >= 15 is 0 Å². The van der Waals surface area contributed by atoms with E-state index in [2.05, 4.69) is 34.1 Å². The molecule has 8 heteroatoms. The summed E-state index contributed by atoms with van der Waals surface area (Å²) in [5.41, 5.74) is 3.23. The maximum atomic E-state index is 12.8. The Morgan fingerprint density at radius 2 is 1.63 bits per heavy atom. The van der Waals surface area contributed by atoms with E-state index in [1.54, 1.807) is 12.1 Å². The Kier molecular flexibility index (Phi) is 8.15. The number of fused-ring (bicyclic) bond motifs is 1. The SMILES string of the molecule is CCN(CC)S(=O)(=O)c1ccc(CCC(=O)N2CCN(Cc3cccc4cccnc34)CC2)cc1. The van der Waals surface area contributed by atoms with Gasteiger partial charge >= 0.3 is 0 Å². The molecule has 1 saturated heterocycles. The number of hydrogen-bond donors (Lipinski definition) is 0. The lowest BCUT2D eigenvalue weighted by molar-refractivity contribution is -0.133. The molecule has 1 aliphatic rings. The van der Waals surface area contributed by atoms with Gasteiger partial charge in [-0.2, -0.15) is 4.31 Å². The number of para-hydroxylation sites is 1. The van der Waals surface area contributed by atoms with Gasteiger partial charge in [-0.15, -0.1) is 0 Å². The van der Waals surface area contributed by atoms with Crippen LogP contribution in [0.15, 0.2) is 65.7 Å². The number of aromatic nitrogens is 1. The Morgan fingerprint density at radius 3 is 2.31 bits per heavy atom. The normalized spacial score (nSPS) is 15.1. The first-order chi connectivity index (χ1) is 16.9. The summed E-state index contributed by atoms with van der Waals surface area (Å²) in [4.78, 5) is 22.0. The molecule has 4 rings (SSSR count). The fraction of sp³-hybridized carbons (Fsp3) is 0.407. The first-order valence-corrected chi connectivity index (χ1v) is 13.8. The fourth-order valence-electron chi connectivity index (χ4n) is 4.64. The summed E-state index contributed by atoms with van der Waals surface area (Å²) < 4.78 is 26.7. The van der Waals surface area contributed by atoms with Crippen LogP contribution in [-0.2, 0) is 27.8 Å². The van der Waals surface area contributed by atoms with Crippen molar-refractivity contribution < 1.29 is 13.2 Å². The van der Waals surface area contributed by atoms with Gasteiger partial charge in [0.1, 0.15) is 0 Å². The zero-order valence-corrected chi connectivity index (χ0v) is 21.4. The Morgan fingerprint density at radius 1 is 0.943 bits per heavy atom. The van der Waals surface area contributed by atoms with Crippen molar-refractivity contribution in [1.82, 2.24) is 19.1 Å². The lowest BCUT2D eigenvalue weighted by atomic mass is 10.1. The van der Waals surface area contributed by atoms with Crippen molar-refractivity contribution in [2.45, 2.75) is 38.1 Å². The second-order valence-electron chi connectivity index (χ2n) is 8.88. The van der Waals surface area contributed by atoms with Crippen LogP contribution in [0.5, 0.6) is 0 Å². The van der Waals surface area contributed by atoms with Crippen LogP contribution in [0.4, 0.5) is 0 Å². The first-order valence-electron chi connectivity index (χ1n) is 12.3. The standard InChI is InChI=1S/C27H34N4O3S/c1-3-31(4-2)35(33,34)25-13-10-22(11-14-25)12-15-26(32)30-19-17-29(18-20-30)21-24-8-5-7-23-9-6-16-28-27(23)24/h5-11,13-14,16H,3-4,12,15,17-21H2,1-2H3. The summed E-state index contributed by atoms with van der Waals surface area (Å²) in [5.74, 6) is 0.149. The predicted octanol–water partition coefficient (Wildman–Crippen LogP) is 3.54. The molecule has 0 saturated carbocycles. The number of carbonyl (C=O) groups excluding carboxylic acids is 1. The highest BCUT2D eigenvalue weighted by Crippen LogP contribution is 2.20. The third-order valence-electron chi connectivity index (χ3n) is 6.73. The van der Waals surface area contributed by atoms with Gasteiger partial charge in [-0.05, 0) is 35.7 Å². The van der Waals surface area contributed by atoms with E-state index in [-0.39, 0.29) is 5.91 Å². The monoisotopic (exact) mass is 494 g/mol. The van der Waals surface area contributed by atoms with Crippen LogP contribution in [0, 0.1) is 0 Å². The maximum Gasteiger partial charge on any atom is 0.243 e. The molecule has 186 valence electrons. The smallest absolute Gasteiger partial charge is 0.243 e. The van der Waals surface area contributed by atoms with Gasteiger partial charge < -0.3 is 4.90 Å². The molecule has 3 aromatic rings. The molecule has 0 unspecified atom stereocenters. The Labute approximate surface area is 208 Å². The van der Waals surface area contributed by atoms with Crippen LogP contribution in [0.1, 0.15) is 31.4 Å². The number of sulfonamides is 1. The van der Waals surface area contributed by atoms with Crippen molar-refractivity contribution >= 4 is 26.8 Å². The van der Waals surface area contributed by atoms with Crippen molar-refractivity contribution in [3.8, 4) is 0 Å². The van der Waals surface area contributed by atoms with Gasteiger partial charge in [0, 0.05) is 63.8 Å². The molecule has 35 heavy (non-hydrogen) atoms. The Balaban J connectivity index is 1.27. The molecule has 0 spiro atoms. The number of nitrogens with zero attached hydrogens (tertiary/aromatic N) is 4. The first kappa shape index (κ1) is 25.3. The van der Waals surface area contributed by atoms with Gasteiger partial charge in [-0.25, -0.2) is 8.42 Å². The molecule has 1 fully saturated rings. The number of benzene rings is 2. The summed E-state index contributed by atoms with van der Waals surface area (Å²) in [6.07, 6.45) is 2.86. The van der Waals surface area contributed by atoms with E-state index in [1.165, 1.54) is 9.87 Å². The van der Waals surface area contributed by atoms with E-state index in [9.17, 15) is 13.2 Å². The third-order valence-corrected chi connectivity index (χ3v) is 8.79. The largest absolute Gasteiger partial charge is 0.340 e. The summed E-state index contributed by atoms with van der Waals surface area (Å²) in [7, 11) is -3.46. The van der Waals surface area contributed by atoms with Gasteiger partial charge in [0.25, 0.3) is 0 Å². The molecular weight excluding hydrogens is 460 g/mol. The average Bonchev–Trinajstić information content (AvgIpc) is 2.89. The number of hydrogen-bond acceptors (Lipinski definition) is 5.